The SMILES string of the molecule is N#Cc1ccnc(Nc2cc(Br)ccc2F)n1. The average molecular weight is 293 g/mol. The smallest absolute Gasteiger partial charge is 0.228 e. The molecule has 1 N–H and O–H groups in total. The maximum atomic E-state index is 13.4. The molecule has 0 bridgehead atoms. The van der Waals surface area contributed by atoms with E-state index in [-0.39, 0.29) is 17.3 Å². The van der Waals surface area contributed by atoms with Crippen LogP contribution in [0.2, 0.25) is 0 Å². The van der Waals surface area contributed by atoms with Gasteiger partial charge >= 0.3 is 0 Å². The van der Waals surface area contributed by atoms with Gasteiger partial charge in [-0.3, -0.25) is 0 Å². The lowest BCUT2D eigenvalue weighted by atomic mass is 10.3. The zero-order chi connectivity index (χ0) is 12.3. The van der Waals surface area contributed by atoms with Crippen LogP contribution in [0.25, 0.3) is 0 Å². The number of rotatable bonds is 2. The third-order valence-electron chi connectivity index (χ3n) is 1.95. The van der Waals surface area contributed by atoms with Gasteiger partial charge in [-0.25, -0.2) is 14.4 Å². The van der Waals surface area contributed by atoms with Crippen LogP contribution >= 0.6 is 15.9 Å². The first kappa shape index (κ1) is 11.5. The molecular formula is C11H6BrFN4. The lowest BCUT2D eigenvalue weighted by molar-refractivity contribution is 0.631. The Balaban J connectivity index is 2.31. The molecule has 84 valence electrons. The molecule has 0 atom stereocenters. The van der Waals surface area contributed by atoms with Gasteiger partial charge in [0.25, 0.3) is 0 Å². The lowest BCUT2D eigenvalue weighted by Crippen LogP contribution is -1.99. The van der Waals surface area contributed by atoms with Gasteiger partial charge in [-0.15, -0.1) is 0 Å². The van der Waals surface area contributed by atoms with Gasteiger partial charge in [0.1, 0.15) is 17.6 Å². The molecule has 1 heterocycles. The van der Waals surface area contributed by atoms with Crippen LogP contribution in [0.15, 0.2) is 34.9 Å². The van der Waals surface area contributed by atoms with Crippen LogP contribution in [0.3, 0.4) is 0 Å². The Bertz CT molecular complexity index is 594. The van der Waals surface area contributed by atoms with E-state index >= 15 is 0 Å². The first-order valence-corrected chi connectivity index (χ1v) is 5.43. The Hall–Kier alpha value is -2.00. The van der Waals surface area contributed by atoms with Gasteiger partial charge in [0.05, 0.1) is 5.69 Å². The van der Waals surface area contributed by atoms with Crippen molar-refractivity contribution >= 4 is 27.6 Å². The predicted molar refractivity (Wildman–Crippen MR) is 64.1 cm³/mol. The highest BCUT2D eigenvalue weighted by molar-refractivity contribution is 9.10. The molecule has 0 aliphatic heterocycles. The Morgan fingerprint density at radius 2 is 2.18 bits per heavy atom. The van der Waals surface area contributed by atoms with Crippen molar-refractivity contribution in [1.82, 2.24) is 9.97 Å². The molecule has 4 nitrogen and oxygen atoms in total. The van der Waals surface area contributed by atoms with E-state index < -0.39 is 5.82 Å². The van der Waals surface area contributed by atoms with Crippen LogP contribution in [-0.4, -0.2) is 9.97 Å². The third-order valence-corrected chi connectivity index (χ3v) is 2.44. The minimum absolute atomic E-state index is 0.182. The molecule has 0 spiro atoms. The summed E-state index contributed by atoms with van der Waals surface area (Å²) in [6.45, 7) is 0. The zero-order valence-electron chi connectivity index (χ0n) is 8.48. The van der Waals surface area contributed by atoms with E-state index in [4.69, 9.17) is 5.26 Å². The van der Waals surface area contributed by atoms with Crippen molar-refractivity contribution in [2.45, 2.75) is 0 Å². The number of nitrogens with zero attached hydrogens (tertiary/aromatic N) is 3. The first-order valence-electron chi connectivity index (χ1n) is 4.64. The molecule has 2 rings (SSSR count). The summed E-state index contributed by atoms with van der Waals surface area (Å²) in [6.07, 6.45) is 1.43. The van der Waals surface area contributed by atoms with Gasteiger partial charge in [-0.2, -0.15) is 5.26 Å². The summed E-state index contributed by atoms with van der Waals surface area (Å²) >= 11 is 3.24. The largest absolute Gasteiger partial charge is 0.322 e. The van der Waals surface area contributed by atoms with Crippen molar-refractivity contribution in [3.05, 3.63) is 46.4 Å². The second kappa shape index (κ2) is 4.89. The molecule has 2 aromatic rings. The second-order valence-corrected chi connectivity index (χ2v) is 4.04. The van der Waals surface area contributed by atoms with Crippen LogP contribution < -0.4 is 5.32 Å². The van der Waals surface area contributed by atoms with Crippen LogP contribution in [0.4, 0.5) is 16.0 Å². The van der Waals surface area contributed by atoms with Crippen molar-refractivity contribution in [3.63, 3.8) is 0 Å². The molecule has 0 unspecified atom stereocenters. The fraction of sp³-hybridized carbons (Fsp3) is 0. The Morgan fingerprint density at radius 3 is 2.94 bits per heavy atom. The van der Waals surface area contributed by atoms with Gasteiger partial charge in [-0.05, 0) is 24.3 Å². The standard InChI is InChI=1S/C11H6BrFN4/c12-7-1-2-9(13)10(5-7)17-11-15-4-3-8(6-14)16-11/h1-5H,(H,15,16,17). The maximum Gasteiger partial charge on any atom is 0.228 e. The zero-order valence-corrected chi connectivity index (χ0v) is 10.1. The van der Waals surface area contributed by atoms with E-state index in [1.807, 2.05) is 6.07 Å². The fourth-order valence-corrected chi connectivity index (χ4v) is 1.56. The van der Waals surface area contributed by atoms with Crippen molar-refractivity contribution in [1.29, 1.82) is 5.26 Å². The van der Waals surface area contributed by atoms with E-state index in [2.05, 4.69) is 31.2 Å². The second-order valence-electron chi connectivity index (χ2n) is 3.13. The van der Waals surface area contributed by atoms with Crippen molar-refractivity contribution in [2.24, 2.45) is 0 Å². The average Bonchev–Trinajstić information content (AvgIpc) is 2.34. The number of aromatic nitrogens is 2. The van der Waals surface area contributed by atoms with Gasteiger partial charge < -0.3 is 5.32 Å². The molecule has 0 amide bonds. The highest BCUT2D eigenvalue weighted by atomic mass is 79.9. The van der Waals surface area contributed by atoms with Crippen LogP contribution in [0.1, 0.15) is 5.69 Å². The van der Waals surface area contributed by atoms with E-state index in [9.17, 15) is 4.39 Å². The summed E-state index contributed by atoms with van der Waals surface area (Å²) in [7, 11) is 0. The van der Waals surface area contributed by atoms with Crippen LogP contribution in [0, 0.1) is 17.1 Å². The van der Waals surface area contributed by atoms with E-state index in [1.54, 1.807) is 12.1 Å². The number of anilines is 2. The Labute approximate surface area is 105 Å². The van der Waals surface area contributed by atoms with Gasteiger partial charge in [0, 0.05) is 10.7 Å². The normalized spacial score (nSPS) is 9.71. The highest BCUT2D eigenvalue weighted by Crippen LogP contribution is 2.22. The van der Waals surface area contributed by atoms with E-state index in [1.165, 1.54) is 18.3 Å². The number of hydrogen-bond donors (Lipinski definition) is 1. The fourth-order valence-electron chi connectivity index (χ4n) is 1.19. The third kappa shape index (κ3) is 2.77. The van der Waals surface area contributed by atoms with Gasteiger partial charge in [0.15, 0.2) is 0 Å². The highest BCUT2D eigenvalue weighted by Gasteiger charge is 2.05. The predicted octanol–water partition coefficient (Wildman–Crippen LogP) is 2.99. The monoisotopic (exact) mass is 292 g/mol. The molecule has 0 aliphatic rings. The van der Waals surface area contributed by atoms with Crippen LogP contribution in [-0.2, 0) is 0 Å². The first-order chi connectivity index (χ1) is 8.19. The molecule has 0 aliphatic carbocycles. The quantitative estimate of drug-likeness (QED) is 0.924. The molecule has 0 fully saturated rings. The maximum absolute atomic E-state index is 13.4. The summed E-state index contributed by atoms with van der Waals surface area (Å²) < 4.78 is 14.2. The topological polar surface area (TPSA) is 61.6 Å². The Kier molecular flexibility index (Phi) is 3.30. The molecule has 6 heteroatoms. The summed E-state index contributed by atoms with van der Waals surface area (Å²) in [4.78, 5) is 7.79. The molecule has 0 radical (unpaired) electrons. The summed E-state index contributed by atoms with van der Waals surface area (Å²) in [6, 6.07) is 7.84. The molecule has 0 saturated heterocycles. The van der Waals surface area contributed by atoms with Crippen molar-refractivity contribution in [3.8, 4) is 6.07 Å². The molecule has 17 heavy (non-hydrogen) atoms. The van der Waals surface area contributed by atoms with Gasteiger partial charge in [0.2, 0.25) is 5.95 Å². The van der Waals surface area contributed by atoms with Crippen LogP contribution in [0.5, 0.6) is 0 Å². The minimum Gasteiger partial charge on any atom is -0.322 e. The molecular weight excluding hydrogens is 287 g/mol. The number of halogens is 2. The summed E-state index contributed by atoms with van der Waals surface area (Å²) in [5, 5.41) is 11.4. The minimum atomic E-state index is -0.417. The summed E-state index contributed by atoms with van der Waals surface area (Å²) in [5.41, 5.74) is 0.465. The van der Waals surface area contributed by atoms with E-state index in [0.29, 0.717) is 0 Å². The molecule has 1 aromatic carbocycles. The van der Waals surface area contributed by atoms with Crippen molar-refractivity contribution in [2.75, 3.05) is 5.32 Å². The van der Waals surface area contributed by atoms with Gasteiger partial charge in [-0.1, -0.05) is 15.9 Å². The number of hydrogen-bond acceptors (Lipinski definition) is 4. The molecule has 1 aromatic heterocycles. The molecule has 0 saturated carbocycles. The summed E-state index contributed by atoms with van der Waals surface area (Å²) in [5.74, 6) is -0.236. The lowest BCUT2D eigenvalue weighted by Gasteiger charge is -2.06. The van der Waals surface area contributed by atoms with E-state index in [0.717, 1.165) is 4.47 Å². The van der Waals surface area contributed by atoms with Crippen molar-refractivity contribution < 1.29 is 4.39 Å². The number of nitrogens with one attached hydrogen (secondary N) is 1. The number of benzene rings is 1. The Morgan fingerprint density at radius 1 is 1.35 bits per heavy atom. The number of nitriles is 1.